The van der Waals surface area contributed by atoms with Crippen LogP contribution in [0.2, 0.25) is 5.02 Å². The molecule has 0 saturated carbocycles. The summed E-state index contributed by atoms with van der Waals surface area (Å²) < 4.78 is 1.41. The SMILES string of the molecule is CC1CCCCN1C(=O)CSc1nnc(-c2cccc(Cl)c2)n1N. The van der Waals surface area contributed by atoms with Crippen LogP contribution in [-0.4, -0.2) is 44.0 Å². The highest BCUT2D eigenvalue weighted by Crippen LogP contribution is 2.25. The zero-order valence-corrected chi connectivity index (χ0v) is 15.1. The number of carbonyl (C=O) groups is 1. The zero-order valence-electron chi connectivity index (χ0n) is 13.5. The normalized spacial score (nSPS) is 17.9. The molecule has 1 unspecified atom stereocenters. The lowest BCUT2D eigenvalue weighted by atomic mass is 10.0. The maximum absolute atomic E-state index is 12.4. The Morgan fingerprint density at radius 2 is 2.25 bits per heavy atom. The number of amides is 1. The number of carbonyl (C=O) groups excluding carboxylic acids is 1. The van der Waals surface area contributed by atoms with E-state index >= 15 is 0 Å². The summed E-state index contributed by atoms with van der Waals surface area (Å²) >= 11 is 7.31. The molecule has 1 aromatic carbocycles. The van der Waals surface area contributed by atoms with Gasteiger partial charge in [-0.05, 0) is 38.3 Å². The molecule has 128 valence electrons. The van der Waals surface area contributed by atoms with Crippen molar-refractivity contribution in [3.05, 3.63) is 29.3 Å². The van der Waals surface area contributed by atoms with E-state index in [0.29, 0.717) is 27.8 Å². The van der Waals surface area contributed by atoms with E-state index in [2.05, 4.69) is 17.1 Å². The Kier molecular flexibility index (Phi) is 5.30. The second-order valence-corrected chi connectivity index (χ2v) is 7.29. The zero-order chi connectivity index (χ0) is 17.1. The van der Waals surface area contributed by atoms with Crippen molar-refractivity contribution in [2.75, 3.05) is 18.1 Å². The van der Waals surface area contributed by atoms with Gasteiger partial charge in [-0.25, -0.2) is 4.68 Å². The Balaban J connectivity index is 1.67. The Hall–Kier alpha value is -1.73. The number of benzene rings is 1. The van der Waals surface area contributed by atoms with Gasteiger partial charge < -0.3 is 10.7 Å². The van der Waals surface area contributed by atoms with E-state index in [1.165, 1.54) is 22.9 Å². The molecule has 1 amide bonds. The number of halogens is 1. The summed E-state index contributed by atoms with van der Waals surface area (Å²) in [5, 5.41) is 9.34. The van der Waals surface area contributed by atoms with Crippen LogP contribution in [0.15, 0.2) is 29.4 Å². The third kappa shape index (κ3) is 3.67. The molecule has 3 rings (SSSR count). The lowest BCUT2D eigenvalue weighted by Gasteiger charge is -2.33. The average Bonchev–Trinajstić information content (AvgIpc) is 2.94. The van der Waals surface area contributed by atoms with Crippen molar-refractivity contribution in [2.24, 2.45) is 0 Å². The van der Waals surface area contributed by atoms with Crippen LogP contribution in [0.5, 0.6) is 0 Å². The number of aromatic nitrogens is 3. The first-order chi connectivity index (χ1) is 11.6. The molecule has 0 spiro atoms. The fourth-order valence-corrected chi connectivity index (χ4v) is 3.81. The number of nitrogen functional groups attached to an aromatic ring is 1. The van der Waals surface area contributed by atoms with Gasteiger partial charge >= 0.3 is 0 Å². The smallest absolute Gasteiger partial charge is 0.233 e. The maximum atomic E-state index is 12.4. The fourth-order valence-electron chi connectivity index (χ4n) is 2.88. The summed E-state index contributed by atoms with van der Waals surface area (Å²) in [6, 6.07) is 7.58. The van der Waals surface area contributed by atoms with Crippen LogP contribution in [0.4, 0.5) is 0 Å². The minimum atomic E-state index is 0.125. The Morgan fingerprint density at radius 1 is 1.42 bits per heavy atom. The summed E-state index contributed by atoms with van der Waals surface area (Å²) in [6.07, 6.45) is 3.34. The highest BCUT2D eigenvalue weighted by atomic mass is 35.5. The van der Waals surface area contributed by atoms with E-state index < -0.39 is 0 Å². The molecule has 1 atom stereocenters. The molecule has 1 aliphatic heterocycles. The first-order valence-electron chi connectivity index (χ1n) is 7.95. The second kappa shape index (κ2) is 7.44. The molecular formula is C16H20ClN5OS. The van der Waals surface area contributed by atoms with Gasteiger partial charge in [0.1, 0.15) is 0 Å². The van der Waals surface area contributed by atoms with Crippen LogP contribution in [0.1, 0.15) is 26.2 Å². The molecule has 0 radical (unpaired) electrons. The quantitative estimate of drug-likeness (QED) is 0.666. The molecule has 1 saturated heterocycles. The van der Waals surface area contributed by atoms with Crippen molar-refractivity contribution < 1.29 is 4.79 Å². The van der Waals surface area contributed by atoms with Crippen molar-refractivity contribution in [1.29, 1.82) is 0 Å². The number of piperidine rings is 1. The van der Waals surface area contributed by atoms with Crippen molar-refractivity contribution in [1.82, 2.24) is 19.8 Å². The monoisotopic (exact) mass is 365 g/mol. The molecular weight excluding hydrogens is 346 g/mol. The number of hydrogen-bond acceptors (Lipinski definition) is 5. The summed E-state index contributed by atoms with van der Waals surface area (Å²) in [6.45, 7) is 2.94. The first-order valence-corrected chi connectivity index (χ1v) is 9.31. The first kappa shape index (κ1) is 17.1. The molecule has 1 aliphatic rings. The summed E-state index contributed by atoms with van der Waals surface area (Å²) in [4.78, 5) is 14.4. The van der Waals surface area contributed by atoms with Crippen LogP contribution in [-0.2, 0) is 4.79 Å². The third-order valence-electron chi connectivity index (χ3n) is 4.20. The van der Waals surface area contributed by atoms with Gasteiger partial charge in [-0.2, -0.15) is 0 Å². The molecule has 0 aliphatic carbocycles. The number of nitrogens with two attached hydrogens (primary N) is 1. The lowest BCUT2D eigenvalue weighted by molar-refractivity contribution is -0.131. The average molecular weight is 366 g/mol. The van der Waals surface area contributed by atoms with Crippen molar-refractivity contribution in [2.45, 2.75) is 37.4 Å². The summed E-state index contributed by atoms with van der Waals surface area (Å²) in [7, 11) is 0. The molecule has 8 heteroatoms. The molecule has 2 heterocycles. The highest BCUT2D eigenvalue weighted by Gasteiger charge is 2.24. The van der Waals surface area contributed by atoms with Crippen molar-refractivity contribution in [3.63, 3.8) is 0 Å². The van der Waals surface area contributed by atoms with E-state index in [9.17, 15) is 4.79 Å². The number of rotatable bonds is 4. The lowest BCUT2D eigenvalue weighted by Crippen LogP contribution is -2.43. The largest absolute Gasteiger partial charge is 0.339 e. The van der Waals surface area contributed by atoms with E-state index in [1.54, 1.807) is 12.1 Å². The number of hydrogen-bond donors (Lipinski definition) is 1. The Morgan fingerprint density at radius 3 is 3.00 bits per heavy atom. The maximum Gasteiger partial charge on any atom is 0.233 e. The predicted molar refractivity (Wildman–Crippen MR) is 96.4 cm³/mol. The van der Waals surface area contributed by atoms with E-state index in [0.717, 1.165) is 24.9 Å². The van der Waals surface area contributed by atoms with Gasteiger partial charge in [0.15, 0.2) is 5.82 Å². The minimum absolute atomic E-state index is 0.125. The van der Waals surface area contributed by atoms with Crippen molar-refractivity contribution >= 4 is 29.3 Å². The van der Waals surface area contributed by atoms with Gasteiger partial charge in [-0.15, -0.1) is 10.2 Å². The van der Waals surface area contributed by atoms with Gasteiger partial charge in [0, 0.05) is 23.2 Å². The highest BCUT2D eigenvalue weighted by molar-refractivity contribution is 7.99. The van der Waals surface area contributed by atoms with Crippen LogP contribution < -0.4 is 5.84 Å². The molecule has 0 bridgehead atoms. The third-order valence-corrected chi connectivity index (χ3v) is 5.36. The van der Waals surface area contributed by atoms with E-state index in [-0.39, 0.29) is 5.91 Å². The molecule has 1 aromatic heterocycles. The van der Waals surface area contributed by atoms with E-state index in [1.807, 2.05) is 17.0 Å². The molecule has 2 aromatic rings. The Labute approximate surface area is 150 Å². The van der Waals surface area contributed by atoms with Gasteiger partial charge in [0.2, 0.25) is 11.1 Å². The number of likely N-dealkylation sites (tertiary alicyclic amines) is 1. The summed E-state index contributed by atoms with van der Waals surface area (Å²) in [5.41, 5.74) is 0.792. The van der Waals surface area contributed by atoms with Crippen LogP contribution in [0.25, 0.3) is 11.4 Å². The topological polar surface area (TPSA) is 77.0 Å². The van der Waals surface area contributed by atoms with Gasteiger partial charge in [-0.1, -0.05) is 35.5 Å². The second-order valence-electron chi connectivity index (χ2n) is 5.91. The molecule has 2 N–H and O–H groups in total. The van der Waals surface area contributed by atoms with Gasteiger partial charge in [0.25, 0.3) is 0 Å². The molecule has 1 fully saturated rings. The minimum Gasteiger partial charge on any atom is -0.339 e. The van der Waals surface area contributed by atoms with Crippen molar-refractivity contribution in [3.8, 4) is 11.4 Å². The predicted octanol–water partition coefficient (Wildman–Crippen LogP) is 2.81. The van der Waals surface area contributed by atoms with Crippen LogP contribution in [0.3, 0.4) is 0 Å². The van der Waals surface area contributed by atoms with E-state index in [4.69, 9.17) is 17.4 Å². The van der Waals surface area contributed by atoms with Crippen LogP contribution >= 0.6 is 23.4 Å². The van der Waals surface area contributed by atoms with Crippen LogP contribution in [0, 0.1) is 0 Å². The summed E-state index contributed by atoms with van der Waals surface area (Å²) in [5.74, 6) is 7.05. The fraction of sp³-hybridized carbons (Fsp3) is 0.438. The standard InChI is InChI=1S/C16H20ClN5OS/c1-11-5-2-3-8-21(11)14(23)10-24-16-20-19-15(22(16)18)12-6-4-7-13(17)9-12/h4,6-7,9,11H,2-3,5,8,10,18H2,1H3. The Bertz CT molecular complexity index is 735. The number of thioether (sulfide) groups is 1. The molecule has 24 heavy (non-hydrogen) atoms. The number of nitrogens with zero attached hydrogens (tertiary/aromatic N) is 4. The van der Waals surface area contributed by atoms with Gasteiger partial charge in [-0.3, -0.25) is 4.79 Å². The van der Waals surface area contributed by atoms with Gasteiger partial charge in [0.05, 0.1) is 5.75 Å². The molecule has 6 nitrogen and oxygen atoms in total.